The molecule has 0 aliphatic rings. The van der Waals surface area contributed by atoms with Crippen molar-refractivity contribution in [3.8, 4) is 17.1 Å². The molecule has 0 aliphatic carbocycles. The zero-order chi connectivity index (χ0) is 24.4. The number of imidazole rings is 1. The smallest absolute Gasteiger partial charge is 0.271 e. The van der Waals surface area contributed by atoms with Gasteiger partial charge in [0.05, 0.1) is 36.5 Å². The first-order valence-corrected chi connectivity index (χ1v) is 11.3. The van der Waals surface area contributed by atoms with E-state index in [2.05, 4.69) is 30.6 Å². The van der Waals surface area contributed by atoms with Crippen LogP contribution >= 0.6 is 0 Å². The van der Waals surface area contributed by atoms with Crippen LogP contribution in [0.1, 0.15) is 16.1 Å². The number of ether oxygens (including phenoxy) is 1. The summed E-state index contributed by atoms with van der Waals surface area (Å²) in [5.74, 6) is -0.675. The molecular weight excluding hydrogens is 460 g/mol. The average molecular weight is 483 g/mol. The molecule has 4 aromatic rings. The third-order valence-corrected chi connectivity index (χ3v) is 5.66. The molecule has 4 rings (SSSR count). The largest absolute Gasteiger partial charge is 0.479 e. The summed E-state index contributed by atoms with van der Waals surface area (Å²) in [6.07, 6.45) is 4.88. The number of carbonyl (C=O) groups is 1. The van der Waals surface area contributed by atoms with E-state index in [-0.39, 0.29) is 28.8 Å². The summed E-state index contributed by atoms with van der Waals surface area (Å²) >= 11 is -2.04. The maximum Gasteiger partial charge on any atom is 0.271 e. The lowest BCUT2D eigenvalue weighted by Gasteiger charge is -2.15. The summed E-state index contributed by atoms with van der Waals surface area (Å²) in [6, 6.07) is 5.13. The Kier molecular flexibility index (Phi) is 6.38. The number of hydrogen-bond acceptors (Lipinski definition) is 9. The first-order chi connectivity index (χ1) is 16.3. The second kappa shape index (κ2) is 9.41. The van der Waals surface area contributed by atoms with Crippen LogP contribution in [0.25, 0.3) is 22.3 Å². The lowest BCUT2D eigenvalue weighted by molar-refractivity contribution is 0.0996. The van der Waals surface area contributed by atoms with Crippen LogP contribution in [-0.4, -0.2) is 53.3 Å². The normalized spacial score (nSPS) is 11.9. The van der Waals surface area contributed by atoms with Gasteiger partial charge in [0.2, 0.25) is 5.88 Å². The predicted octanol–water partition coefficient (Wildman–Crippen LogP) is 2.04. The highest BCUT2D eigenvalue weighted by atomic mass is 32.2. The molecule has 5 N–H and O–H groups in total. The number of pyridine rings is 1. The van der Waals surface area contributed by atoms with Gasteiger partial charge in [-0.1, -0.05) is 0 Å². The number of rotatable bonds is 8. The van der Waals surface area contributed by atoms with Gasteiger partial charge in [0.25, 0.3) is 5.91 Å². The number of nitrogens with two attached hydrogens (primary N) is 1. The maximum absolute atomic E-state index is 12.3. The standard InChI is InChI=1S/C21H22N8O4S/c1-23-14-5-4-12(6-11(14)9-34(31)32)26-20-18(19(22)30)27-17(21(28-20)33-3)13-7-24-8-15-16(13)25-10-29(15)2/h4-8,10,23H,9H2,1-3H3,(H2,22,30)(H,26,28)(H,31,32). The van der Waals surface area contributed by atoms with Gasteiger partial charge in [-0.25, -0.2) is 14.2 Å². The van der Waals surface area contributed by atoms with Crippen LogP contribution in [0.2, 0.25) is 0 Å². The zero-order valence-corrected chi connectivity index (χ0v) is 19.4. The van der Waals surface area contributed by atoms with E-state index < -0.39 is 17.0 Å². The topological polar surface area (TPSA) is 170 Å². The fraction of sp³-hybridized carbons (Fsp3) is 0.190. The fourth-order valence-corrected chi connectivity index (χ4v) is 4.02. The van der Waals surface area contributed by atoms with Gasteiger partial charge in [0, 0.05) is 31.7 Å². The van der Waals surface area contributed by atoms with E-state index in [0.717, 1.165) is 5.52 Å². The number of benzene rings is 1. The van der Waals surface area contributed by atoms with E-state index in [1.165, 1.54) is 7.11 Å². The maximum atomic E-state index is 12.3. The molecule has 0 saturated heterocycles. The number of primary amides is 1. The number of aromatic nitrogens is 5. The average Bonchev–Trinajstić information content (AvgIpc) is 3.19. The molecule has 1 unspecified atom stereocenters. The van der Waals surface area contributed by atoms with Crippen LogP contribution in [0.4, 0.5) is 17.2 Å². The van der Waals surface area contributed by atoms with Crippen molar-refractivity contribution in [1.29, 1.82) is 0 Å². The molecule has 0 saturated carbocycles. The van der Waals surface area contributed by atoms with Crippen LogP contribution in [0.5, 0.6) is 5.88 Å². The molecule has 3 aromatic heterocycles. The van der Waals surface area contributed by atoms with E-state index in [9.17, 15) is 13.6 Å². The number of fused-ring (bicyclic) bond motifs is 1. The minimum absolute atomic E-state index is 0.0718. The van der Waals surface area contributed by atoms with E-state index in [1.54, 1.807) is 44.0 Å². The van der Waals surface area contributed by atoms with E-state index in [0.29, 0.717) is 28.0 Å². The summed E-state index contributed by atoms with van der Waals surface area (Å²) < 4.78 is 27.9. The van der Waals surface area contributed by atoms with Crippen LogP contribution in [0, 0.1) is 0 Å². The Hall–Kier alpha value is -4.10. The number of methoxy groups -OCH3 is 1. The molecule has 0 bridgehead atoms. The van der Waals surface area contributed by atoms with Crippen molar-refractivity contribution in [1.82, 2.24) is 24.5 Å². The van der Waals surface area contributed by atoms with E-state index >= 15 is 0 Å². The number of anilines is 3. The molecule has 13 heteroatoms. The Balaban J connectivity index is 1.82. The quantitative estimate of drug-likeness (QED) is 0.272. The molecule has 0 fully saturated rings. The van der Waals surface area contributed by atoms with Gasteiger partial charge in [-0.05, 0) is 23.8 Å². The van der Waals surface area contributed by atoms with Gasteiger partial charge in [0.1, 0.15) is 11.2 Å². The predicted molar refractivity (Wildman–Crippen MR) is 128 cm³/mol. The second-order valence-electron chi connectivity index (χ2n) is 7.27. The third kappa shape index (κ3) is 4.38. The Bertz CT molecular complexity index is 1420. The minimum atomic E-state index is -2.04. The number of aryl methyl sites for hydroxylation is 1. The number of nitrogens with one attached hydrogen (secondary N) is 2. The van der Waals surface area contributed by atoms with Gasteiger partial charge in [-0.3, -0.25) is 9.78 Å². The monoisotopic (exact) mass is 482 g/mol. The van der Waals surface area contributed by atoms with Crippen LogP contribution in [-0.2, 0) is 23.9 Å². The van der Waals surface area contributed by atoms with Gasteiger partial charge in [-0.15, -0.1) is 0 Å². The first kappa shape index (κ1) is 23.1. The molecule has 3 heterocycles. The zero-order valence-electron chi connectivity index (χ0n) is 18.6. The molecular formula is C21H22N8O4S. The molecule has 176 valence electrons. The number of amides is 1. The third-order valence-electron chi connectivity index (χ3n) is 5.10. The molecule has 0 aliphatic heterocycles. The second-order valence-corrected chi connectivity index (χ2v) is 8.20. The number of nitrogens with zero attached hydrogens (tertiary/aromatic N) is 5. The van der Waals surface area contributed by atoms with Crippen LogP contribution < -0.4 is 21.1 Å². The van der Waals surface area contributed by atoms with Crippen molar-refractivity contribution in [3.63, 3.8) is 0 Å². The summed E-state index contributed by atoms with van der Waals surface area (Å²) in [6.45, 7) is 0. The minimum Gasteiger partial charge on any atom is -0.479 e. The van der Waals surface area contributed by atoms with Gasteiger partial charge in [-0.2, -0.15) is 4.98 Å². The molecule has 0 radical (unpaired) electrons. The highest BCUT2D eigenvalue weighted by Gasteiger charge is 2.22. The van der Waals surface area contributed by atoms with Crippen molar-refractivity contribution in [2.45, 2.75) is 5.75 Å². The van der Waals surface area contributed by atoms with Crippen molar-refractivity contribution < 1.29 is 18.3 Å². The van der Waals surface area contributed by atoms with Crippen LogP contribution in [0.3, 0.4) is 0 Å². The first-order valence-electron chi connectivity index (χ1n) is 9.98. The fourth-order valence-electron chi connectivity index (χ4n) is 3.52. The summed E-state index contributed by atoms with van der Waals surface area (Å²) in [5.41, 5.74) is 9.49. The Morgan fingerprint density at radius 2 is 2.09 bits per heavy atom. The van der Waals surface area contributed by atoms with Crippen LogP contribution in [0.15, 0.2) is 36.9 Å². The van der Waals surface area contributed by atoms with Gasteiger partial charge in [0.15, 0.2) is 22.6 Å². The molecule has 1 aromatic carbocycles. The Morgan fingerprint density at radius 3 is 2.76 bits per heavy atom. The number of hydrogen-bond donors (Lipinski definition) is 4. The van der Waals surface area contributed by atoms with Gasteiger partial charge >= 0.3 is 0 Å². The Morgan fingerprint density at radius 1 is 1.29 bits per heavy atom. The molecule has 34 heavy (non-hydrogen) atoms. The van der Waals surface area contributed by atoms with E-state index in [4.69, 9.17) is 10.5 Å². The lowest BCUT2D eigenvalue weighted by Crippen LogP contribution is -2.18. The molecule has 12 nitrogen and oxygen atoms in total. The highest BCUT2D eigenvalue weighted by Crippen LogP contribution is 2.34. The molecule has 1 atom stereocenters. The van der Waals surface area contributed by atoms with Crippen molar-refractivity contribution in [2.75, 3.05) is 24.8 Å². The Labute approximate surface area is 196 Å². The van der Waals surface area contributed by atoms with E-state index in [1.807, 2.05) is 11.6 Å². The summed E-state index contributed by atoms with van der Waals surface area (Å²) in [4.78, 5) is 29.8. The van der Waals surface area contributed by atoms with Crippen molar-refractivity contribution >= 4 is 45.2 Å². The summed E-state index contributed by atoms with van der Waals surface area (Å²) in [7, 11) is 4.98. The SMILES string of the molecule is CNc1ccc(Nc2nc(OC)c(-c3cncc4c3ncn4C)nc2C(N)=O)cc1CS(=O)O. The van der Waals surface area contributed by atoms with Gasteiger partial charge < -0.3 is 30.2 Å². The lowest BCUT2D eigenvalue weighted by atomic mass is 10.1. The molecule has 0 spiro atoms. The highest BCUT2D eigenvalue weighted by molar-refractivity contribution is 7.78. The van der Waals surface area contributed by atoms with Crippen molar-refractivity contribution in [2.24, 2.45) is 12.8 Å². The molecule has 1 amide bonds. The summed E-state index contributed by atoms with van der Waals surface area (Å²) in [5, 5.41) is 5.99. The number of carbonyl (C=O) groups excluding carboxylic acids is 1. The van der Waals surface area contributed by atoms with Crippen molar-refractivity contribution in [3.05, 3.63) is 48.2 Å².